The summed E-state index contributed by atoms with van der Waals surface area (Å²) in [4.78, 5) is 11.4. The molecule has 0 spiro atoms. The monoisotopic (exact) mass is 299 g/mol. The summed E-state index contributed by atoms with van der Waals surface area (Å²) in [7, 11) is 0. The van der Waals surface area contributed by atoms with Gasteiger partial charge in [-0.15, -0.1) is 0 Å². The van der Waals surface area contributed by atoms with E-state index in [-0.39, 0.29) is 5.78 Å². The number of rotatable bonds is 3. The number of carbonyl (C=O) groups excluding carboxylic acids is 1. The van der Waals surface area contributed by atoms with E-state index in [1.165, 1.54) is 6.92 Å². The molecule has 2 rings (SSSR count). The number of nitrogens with zero attached hydrogens (tertiary/aromatic N) is 1. The van der Waals surface area contributed by atoms with E-state index in [2.05, 4.69) is 6.07 Å². The van der Waals surface area contributed by atoms with Crippen molar-refractivity contribution in [3.63, 3.8) is 0 Å². The minimum absolute atomic E-state index is 0.0858. The fourth-order valence-electron chi connectivity index (χ4n) is 2.14. The number of hydrogen-bond donors (Lipinski definition) is 0. The Morgan fingerprint density at radius 3 is 2.29 bits per heavy atom. The topological polar surface area (TPSA) is 50.1 Å². The fraction of sp³-hybridized carbons (Fsp3) is 0.176. The third-order valence-corrected chi connectivity index (χ3v) is 3.44. The van der Waals surface area contributed by atoms with Crippen LogP contribution in [0, 0.1) is 25.2 Å². The molecule has 0 aromatic heterocycles. The van der Waals surface area contributed by atoms with E-state index in [0.717, 1.165) is 11.1 Å². The Bertz CT molecular complexity index is 737. The van der Waals surface area contributed by atoms with Crippen LogP contribution in [-0.4, -0.2) is 5.78 Å². The van der Waals surface area contributed by atoms with Crippen LogP contribution in [0.3, 0.4) is 0 Å². The largest absolute Gasteiger partial charge is 0.457 e. The third-order valence-electron chi connectivity index (χ3n) is 3.13. The summed E-state index contributed by atoms with van der Waals surface area (Å²) in [5.74, 6) is 1.17. The lowest BCUT2D eigenvalue weighted by Gasteiger charge is -2.13. The molecule has 3 nitrogen and oxygen atoms in total. The van der Waals surface area contributed by atoms with Gasteiger partial charge in [0.1, 0.15) is 11.5 Å². The van der Waals surface area contributed by atoms with E-state index in [4.69, 9.17) is 21.6 Å². The number of ether oxygens (including phenoxy) is 1. The van der Waals surface area contributed by atoms with E-state index in [1.54, 1.807) is 30.3 Å². The Hall–Kier alpha value is -2.31. The molecule has 2 aromatic carbocycles. The molecule has 106 valence electrons. The van der Waals surface area contributed by atoms with E-state index >= 15 is 0 Å². The normalized spacial score (nSPS) is 10.0. The number of hydrogen-bond acceptors (Lipinski definition) is 3. The molecule has 0 atom stereocenters. The lowest BCUT2D eigenvalue weighted by molar-refractivity contribution is 0.101. The summed E-state index contributed by atoms with van der Waals surface area (Å²) in [6.07, 6.45) is 0. The zero-order valence-corrected chi connectivity index (χ0v) is 12.8. The molecule has 0 N–H and O–H groups in total. The first kappa shape index (κ1) is 15.1. The van der Waals surface area contributed by atoms with Crippen molar-refractivity contribution in [1.29, 1.82) is 5.26 Å². The van der Waals surface area contributed by atoms with E-state index < -0.39 is 0 Å². The van der Waals surface area contributed by atoms with Crippen LogP contribution in [0.4, 0.5) is 0 Å². The van der Waals surface area contributed by atoms with Crippen LogP contribution in [0.25, 0.3) is 0 Å². The molecule has 0 fully saturated rings. The minimum atomic E-state index is -0.0858. The van der Waals surface area contributed by atoms with Crippen molar-refractivity contribution in [2.24, 2.45) is 0 Å². The van der Waals surface area contributed by atoms with E-state index in [9.17, 15) is 4.79 Å². The first-order chi connectivity index (χ1) is 9.92. The molecular weight excluding hydrogens is 286 g/mol. The van der Waals surface area contributed by atoms with Crippen molar-refractivity contribution in [2.75, 3.05) is 0 Å². The van der Waals surface area contributed by atoms with Gasteiger partial charge in [-0.1, -0.05) is 11.6 Å². The van der Waals surface area contributed by atoms with Gasteiger partial charge < -0.3 is 4.74 Å². The maximum absolute atomic E-state index is 11.4. The summed E-state index contributed by atoms with van der Waals surface area (Å²) >= 11 is 6.07. The first-order valence-corrected chi connectivity index (χ1v) is 6.80. The van der Waals surface area contributed by atoms with Gasteiger partial charge in [-0.3, -0.25) is 4.79 Å². The van der Waals surface area contributed by atoms with Crippen LogP contribution in [0.2, 0.25) is 5.02 Å². The van der Waals surface area contributed by atoms with Crippen LogP contribution in [-0.2, 0) is 0 Å². The Balaban J connectivity index is 2.37. The smallest absolute Gasteiger partial charge is 0.161 e. The molecule has 0 saturated heterocycles. The van der Waals surface area contributed by atoms with Gasteiger partial charge in [-0.05, 0) is 56.2 Å². The number of Topliss-reactive ketones (excluding diaryl/α,β-unsaturated/α-hetero) is 1. The number of nitriles is 1. The Morgan fingerprint density at radius 1 is 1.19 bits per heavy atom. The number of halogens is 1. The van der Waals surface area contributed by atoms with Gasteiger partial charge >= 0.3 is 0 Å². The molecule has 0 heterocycles. The maximum atomic E-state index is 11.4. The molecule has 0 unspecified atom stereocenters. The molecule has 0 aliphatic carbocycles. The van der Waals surface area contributed by atoms with Crippen molar-refractivity contribution in [3.8, 4) is 17.6 Å². The van der Waals surface area contributed by atoms with Crippen molar-refractivity contribution >= 4 is 17.4 Å². The zero-order valence-electron chi connectivity index (χ0n) is 12.0. The summed E-state index contributed by atoms with van der Waals surface area (Å²) in [5.41, 5.74) is 2.82. The second kappa shape index (κ2) is 5.99. The van der Waals surface area contributed by atoms with Crippen LogP contribution < -0.4 is 4.74 Å². The second-order valence-corrected chi connectivity index (χ2v) is 5.26. The van der Waals surface area contributed by atoms with Gasteiger partial charge in [0.05, 0.1) is 16.7 Å². The van der Waals surface area contributed by atoms with E-state index in [1.807, 2.05) is 13.8 Å². The van der Waals surface area contributed by atoms with Gasteiger partial charge in [0.25, 0.3) is 0 Å². The number of carbonyl (C=O) groups is 1. The average Bonchev–Trinajstić information content (AvgIpc) is 2.42. The Morgan fingerprint density at radius 2 is 1.81 bits per heavy atom. The molecule has 0 bridgehead atoms. The van der Waals surface area contributed by atoms with Gasteiger partial charge in [-0.25, -0.2) is 0 Å². The van der Waals surface area contributed by atoms with Gasteiger partial charge in [0.2, 0.25) is 0 Å². The van der Waals surface area contributed by atoms with Gasteiger partial charge in [0, 0.05) is 11.6 Å². The first-order valence-electron chi connectivity index (χ1n) is 6.42. The van der Waals surface area contributed by atoms with Crippen LogP contribution in [0.15, 0.2) is 30.3 Å². The van der Waals surface area contributed by atoms with Crippen LogP contribution in [0.1, 0.15) is 34.0 Å². The van der Waals surface area contributed by atoms with Gasteiger partial charge in [0.15, 0.2) is 5.78 Å². The minimum Gasteiger partial charge on any atom is -0.457 e. The summed E-state index contributed by atoms with van der Waals surface area (Å²) in [6.45, 7) is 5.24. The zero-order chi connectivity index (χ0) is 15.6. The summed E-state index contributed by atoms with van der Waals surface area (Å²) in [6, 6.07) is 10.6. The highest BCUT2D eigenvalue weighted by atomic mass is 35.5. The van der Waals surface area contributed by atoms with Crippen molar-refractivity contribution in [1.82, 2.24) is 0 Å². The van der Waals surface area contributed by atoms with Crippen LogP contribution >= 0.6 is 11.6 Å². The van der Waals surface area contributed by atoms with Crippen molar-refractivity contribution in [2.45, 2.75) is 20.8 Å². The number of aryl methyl sites for hydroxylation is 2. The summed E-state index contributed by atoms with van der Waals surface area (Å²) in [5, 5.41) is 9.31. The lowest BCUT2D eigenvalue weighted by Crippen LogP contribution is -1.96. The maximum Gasteiger partial charge on any atom is 0.161 e. The Kier molecular flexibility index (Phi) is 4.30. The Labute approximate surface area is 128 Å². The van der Waals surface area contributed by atoms with Crippen molar-refractivity contribution < 1.29 is 9.53 Å². The predicted octanol–water partition coefficient (Wildman–Crippen LogP) is 4.82. The molecule has 4 heteroatoms. The van der Waals surface area contributed by atoms with Crippen molar-refractivity contribution in [3.05, 3.63) is 57.6 Å². The number of ketones is 1. The number of benzene rings is 2. The predicted molar refractivity (Wildman–Crippen MR) is 82.2 cm³/mol. The third kappa shape index (κ3) is 3.24. The van der Waals surface area contributed by atoms with Gasteiger partial charge in [-0.2, -0.15) is 5.26 Å². The van der Waals surface area contributed by atoms with E-state index in [0.29, 0.717) is 27.6 Å². The van der Waals surface area contributed by atoms with Crippen LogP contribution in [0.5, 0.6) is 11.5 Å². The fourth-order valence-corrected chi connectivity index (χ4v) is 2.44. The quantitative estimate of drug-likeness (QED) is 0.763. The molecule has 0 aliphatic rings. The molecule has 0 aliphatic heterocycles. The molecular formula is C17H14ClNO2. The lowest BCUT2D eigenvalue weighted by atomic mass is 10.1. The standard InChI is InChI=1S/C17H14ClNO2/c1-10-6-13(9-19)7-11(2)17(10)21-14-4-5-15(12(3)20)16(18)8-14/h4-8H,1-3H3. The molecule has 21 heavy (non-hydrogen) atoms. The highest BCUT2D eigenvalue weighted by Crippen LogP contribution is 2.32. The molecule has 2 aromatic rings. The molecule has 0 radical (unpaired) electrons. The second-order valence-electron chi connectivity index (χ2n) is 4.85. The average molecular weight is 300 g/mol. The molecule has 0 saturated carbocycles. The molecule has 0 amide bonds. The highest BCUT2D eigenvalue weighted by Gasteiger charge is 2.11. The highest BCUT2D eigenvalue weighted by molar-refractivity contribution is 6.34. The summed E-state index contributed by atoms with van der Waals surface area (Å²) < 4.78 is 5.85. The SMILES string of the molecule is CC(=O)c1ccc(Oc2c(C)cc(C#N)cc2C)cc1Cl.